The first-order valence-electron chi connectivity index (χ1n) is 9.54. The molecule has 1 aliphatic rings. The van der Waals surface area contributed by atoms with E-state index in [2.05, 4.69) is 22.3 Å². The first-order valence-corrected chi connectivity index (χ1v) is 9.54. The van der Waals surface area contributed by atoms with Crippen LogP contribution in [-0.4, -0.2) is 24.8 Å². The Morgan fingerprint density at radius 2 is 1.57 bits per heavy atom. The summed E-state index contributed by atoms with van der Waals surface area (Å²) in [4.78, 5) is 27.7. The molecule has 0 fully saturated rings. The quantitative estimate of drug-likeness (QED) is 0.681. The Balaban J connectivity index is 1.51. The fourth-order valence-electron chi connectivity index (χ4n) is 3.67. The van der Waals surface area contributed by atoms with Gasteiger partial charge in [0.15, 0.2) is 5.78 Å². The lowest BCUT2D eigenvalue weighted by atomic mass is 10.0. The summed E-state index contributed by atoms with van der Waals surface area (Å²) < 4.78 is 0. The number of carbonyl (C=O) groups excluding carboxylic acids is 2. The lowest BCUT2D eigenvalue weighted by Gasteiger charge is -2.30. The summed E-state index contributed by atoms with van der Waals surface area (Å²) >= 11 is 0. The molecule has 4 nitrogen and oxygen atoms in total. The summed E-state index contributed by atoms with van der Waals surface area (Å²) in [6.45, 7) is 1.12. The van der Waals surface area contributed by atoms with E-state index in [0.29, 0.717) is 16.8 Å². The highest BCUT2D eigenvalue weighted by molar-refractivity contribution is 6.14. The average Bonchev–Trinajstić information content (AvgIpc) is 2.74. The van der Waals surface area contributed by atoms with Gasteiger partial charge in [-0.05, 0) is 36.6 Å². The van der Waals surface area contributed by atoms with Crippen LogP contribution in [-0.2, 0) is 11.2 Å². The number of benzene rings is 3. The van der Waals surface area contributed by atoms with Crippen molar-refractivity contribution >= 4 is 23.1 Å². The summed E-state index contributed by atoms with van der Waals surface area (Å²) in [5.74, 6) is -0.218. The molecule has 3 aromatic carbocycles. The smallest absolute Gasteiger partial charge is 0.243 e. The van der Waals surface area contributed by atoms with E-state index in [0.717, 1.165) is 25.1 Å². The van der Waals surface area contributed by atoms with E-state index in [4.69, 9.17) is 0 Å². The highest BCUT2D eigenvalue weighted by Crippen LogP contribution is 2.26. The van der Waals surface area contributed by atoms with Crippen LogP contribution in [0.25, 0.3) is 0 Å². The largest absolute Gasteiger partial charge is 0.362 e. The number of hydrogen-bond acceptors (Lipinski definition) is 3. The van der Waals surface area contributed by atoms with Crippen molar-refractivity contribution in [2.45, 2.75) is 12.8 Å². The predicted molar refractivity (Wildman–Crippen MR) is 112 cm³/mol. The maximum absolute atomic E-state index is 12.8. The van der Waals surface area contributed by atoms with Gasteiger partial charge in [-0.3, -0.25) is 9.59 Å². The zero-order chi connectivity index (χ0) is 19.3. The van der Waals surface area contributed by atoms with Crippen LogP contribution in [0.3, 0.4) is 0 Å². The third-order valence-electron chi connectivity index (χ3n) is 5.02. The molecule has 4 rings (SSSR count). The average molecular weight is 370 g/mol. The zero-order valence-corrected chi connectivity index (χ0v) is 15.6. The monoisotopic (exact) mass is 370 g/mol. The molecular formula is C24H22N2O2. The molecule has 0 bridgehead atoms. The van der Waals surface area contributed by atoms with Gasteiger partial charge in [0.1, 0.15) is 0 Å². The van der Waals surface area contributed by atoms with Crippen molar-refractivity contribution in [3.05, 3.63) is 95.6 Å². The number of amides is 1. The molecule has 0 aromatic heterocycles. The lowest BCUT2D eigenvalue weighted by molar-refractivity contribution is -0.115. The zero-order valence-electron chi connectivity index (χ0n) is 15.6. The third kappa shape index (κ3) is 3.81. The van der Waals surface area contributed by atoms with Gasteiger partial charge in [-0.2, -0.15) is 0 Å². The van der Waals surface area contributed by atoms with E-state index >= 15 is 0 Å². The number of fused-ring (bicyclic) bond motifs is 1. The fourth-order valence-corrected chi connectivity index (χ4v) is 3.67. The highest BCUT2D eigenvalue weighted by Gasteiger charge is 2.20. The fraction of sp³-hybridized carbons (Fsp3) is 0.167. The van der Waals surface area contributed by atoms with Crippen molar-refractivity contribution in [2.24, 2.45) is 0 Å². The second-order valence-corrected chi connectivity index (χ2v) is 6.94. The van der Waals surface area contributed by atoms with E-state index in [9.17, 15) is 9.59 Å². The van der Waals surface area contributed by atoms with E-state index in [-0.39, 0.29) is 18.2 Å². The Kier molecular flexibility index (Phi) is 5.20. The van der Waals surface area contributed by atoms with Crippen LogP contribution >= 0.6 is 0 Å². The molecule has 0 saturated carbocycles. The Hall–Kier alpha value is -3.40. The van der Waals surface area contributed by atoms with Crippen molar-refractivity contribution in [3.8, 4) is 0 Å². The number of rotatable bonds is 5. The molecule has 4 heteroatoms. The van der Waals surface area contributed by atoms with Gasteiger partial charge in [0, 0.05) is 23.4 Å². The number of nitrogens with one attached hydrogen (secondary N) is 1. The van der Waals surface area contributed by atoms with Gasteiger partial charge in [0.05, 0.1) is 12.2 Å². The first kappa shape index (κ1) is 18.0. The number of nitrogens with zero attached hydrogens (tertiary/aromatic N) is 1. The van der Waals surface area contributed by atoms with Gasteiger partial charge in [0.2, 0.25) is 5.91 Å². The Bertz CT molecular complexity index is 998. The number of para-hydroxylation sites is 2. The lowest BCUT2D eigenvalue weighted by Crippen LogP contribution is -2.37. The number of carbonyl (C=O) groups is 2. The van der Waals surface area contributed by atoms with Crippen LogP contribution in [0.15, 0.2) is 78.9 Å². The molecule has 0 atom stereocenters. The minimum Gasteiger partial charge on any atom is -0.362 e. The van der Waals surface area contributed by atoms with Crippen molar-refractivity contribution < 1.29 is 9.59 Å². The van der Waals surface area contributed by atoms with Crippen LogP contribution in [0, 0.1) is 0 Å². The van der Waals surface area contributed by atoms with E-state index < -0.39 is 0 Å². The van der Waals surface area contributed by atoms with Crippen LogP contribution < -0.4 is 10.2 Å². The molecule has 1 aliphatic heterocycles. The summed E-state index contributed by atoms with van der Waals surface area (Å²) in [6.07, 6.45) is 2.08. The van der Waals surface area contributed by atoms with E-state index in [1.165, 1.54) is 5.56 Å². The standard InChI is InChI=1S/C24H22N2O2/c27-23(17-26-16-8-12-18-9-4-7-15-22(18)26)25-21-14-6-5-13-20(21)24(28)19-10-2-1-3-11-19/h1-7,9-11,13-15H,8,12,16-17H2,(H,25,27). The van der Waals surface area contributed by atoms with Gasteiger partial charge in [0.25, 0.3) is 0 Å². The van der Waals surface area contributed by atoms with E-state index in [1.54, 1.807) is 24.3 Å². The molecule has 0 saturated heterocycles. The SMILES string of the molecule is O=C(CN1CCCc2ccccc21)Nc1ccccc1C(=O)c1ccccc1. The van der Waals surface area contributed by atoms with Gasteiger partial charge in [-0.25, -0.2) is 0 Å². The van der Waals surface area contributed by atoms with Gasteiger partial charge in [-0.1, -0.05) is 60.7 Å². The van der Waals surface area contributed by atoms with Crippen LogP contribution in [0.4, 0.5) is 11.4 Å². The molecule has 140 valence electrons. The number of hydrogen-bond donors (Lipinski definition) is 1. The number of aryl methyl sites for hydroxylation is 1. The summed E-state index contributed by atoms with van der Waals surface area (Å²) in [7, 11) is 0. The van der Waals surface area contributed by atoms with Crippen LogP contribution in [0.2, 0.25) is 0 Å². The maximum Gasteiger partial charge on any atom is 0.243 e. The molecule has 1 N–H and O–H groups in total. The molecule has 0 spiro atoms. The number of ketones is 1. The minimum absolute atomic E-state index is 0.0974. The maximum atomic E-state index is 12.8. The topological polar surface area (TPSA) is 49.4 Å². The van der Waals surface area contributed by atoms with Crippen LogP contribution in [0.5, 0.6) is 0 Å². The van der Waals surface area contributed by atoms with Crippen molar-refractivity contribution in [3.63, 3.8) is 0 Å². The molecule has 1 amide bonds. The molecular weight excluding hydrogens is 348 g/mol. The summed E-state index contributed by atoms with van der Waals surface area (Å²) in [5, 5.41) is 2.94. The Morgan fingerprint density at radius 3 is 2.43 bits per heavy atom. The van der Waals surface area contributed by atoms with Crippen molar-refractivity contribution in [2.75, 3.05) is 23.3 Å². The molecule has 0 unspecified atom stereocenters. The molecule has 0 aliphatic carbocycles. The second-order valence-electron chi connectivity index (χ2n) is 6.94. The van der Waals surface area contributed by atoms with Gasteiger partial charge < -0.3 is 10.2 Å². The normalized spacial score (nSPS) is 12.9. The Labute approximate surface area is 164 Å². The summed E-state index contributed by atoms with van der Waals surface area (Å²) in [6, 6.07) is 24.5. The molecule has 1 heterocycles. The minimum atomic E-state index is -0.120. The predicted octanol–water partition coefficient (Wildman–Crippen LogP) is 4.31. The Morgan fingerprint density at radius 1 is 0.857 bits per heavy atom. The summed E-state index contributed by atoms with van der Waals surface area (Å²) in [5.41, 5.74) is 4.06. The van der Waals surface area contributed by atoms with Gasteiger partial charge in [-0.15, -0.1) is 0 Å². The number of anilines is 2. The molecule has 28 heavy (non-hydrogen) atoms. The molecule has 0 radical (unpaired) electrons. The second kappa shape index (κ2) is 8.09. The van der Waals surface area contributed by atoms with E-state index in [1.807, 2.05) is 42.5 Å². The van der Waals surface area contributed by atoms with Gasteiger partial charge >= 0.3 is 0 Å². The third-order valence-corrected chi connectivity index (χ3v) is 5.02. The molecule has 3 aromatic rings. The first-order chi connectivity index (χ1) is 13.7. The van der Waals surface area contributed by atoms with Crippen molar-refractivity contribution in [1.29, 1.82) is 0 Å². The van der Waals surface area contributed by atoms with Crippen LogP contribution in [0.1, 0.15) is 27.9 Å². The highest BCUT2D eigenvalue weighted by atomic mass is 16.2. The van der Waals surface area contributed by atoms with Crippen molar-refractivity contribution in [1.82, 2.24) is 0 Å².